The number of rotatable bonds is 1. The van der Waals surface area contributed by atoms with Crippen molar-refractivity contribution < 1.29 is 0 Å². The maximum absolute atomic E-state index is 5.95. The average molecular weight is 243 g/mol. The van der Waals surface area contributed by atoms with Gasteiger partial charge in [0.2, 0.25) is 0 Å². The normalized spacial score (nSPS) is 10.9. The molecule has 2 nitrogen and oxygen atoms in total. The molecule has 0 unspecified atom stereocenters. The van der Waals surface area contributed by atoms with Gasteiger partial charge in [0.05, 0.1) is 11.2 Å². The summed E-state index contributed by atoms with van der Waals surface area (Å²) in [6, 6.07) is 14.0. The van der Waals surface area contributed by atoms with Crippen LogP contribution in [0.3, 0.4) is 0 Å². The van der Waals surface area contributed by atoms with E-state index in [4.69, 9.17) is 11.6 Å². The molecule has 1 heterocycles. The summed E-state index contributed by atoms with van der Waals surface area (Å²) in [7, 11) is 0. The minimum atomic E-state index is 0.714. The molecule has 17 heavy (non-hydrogen) atoms. The predicted octanol–water partition coefficient (Wildman–Crippen LogP) is 3.99. The first-order chi connectivity index (χ1) is 8.22. The van der Waals surface area contributed by atoms with E-state index >= 15 is 0 Å². The van der Waals surface area contributed by atoms with E-state index in [-0.39, 0.29) is 0 Å². The van der Waals surface area contributed by atoms with Gasteiger partial charge in [-0.15, -0.1) is 0 Å². The van der Waals surface area contributed by atoms with Crippen LogP contribution in [0.15, 0.2) is 48.7 Å². The highest BCUT2D eigenvalue weighted by Gasteiger charge is 2.02. The lowest BCUT2D eigenvalue weighted by Gasteiger charge is -2.00. The fourth-order valence-electron chi connectivity index (χ4n) is 1.82. The third-order valence-electron chi connectivity index (χ3n) is 2.77. The molecule has 84 valence electrons. The monoisotopic (exact) mass is 242 g/mol. The molecule has 0 amide bonds. The van der Waals surface area contributed by atoms with Crippen molar-refractivity contribution >= 4 is 22.5 Å². The van der Waals surface area contributed by atoms with Crippen LogP contribution >= 0.6 is 11.6 Å². The summed E-state index contributed by atoms with van der Waals surface area (Å²) in [4.78, 5) is 0. The summed E-state index contributed by atoms with van der Waals surface area (Å²) in [6.45, 7) is 2.07. The van der Waals surface area contributed by atoms with Gasteiger partial charge in [0.15, 0.2) is 0 Å². The second-order valence-corrected chi connectivity index (χ2v) is 4.55. The summed E-state index contributed by atoms with van der Waals surface area (Å²) in [6.07, 6.45) is 2.01. The number of aromatic nitrogens is 2. The van der Waals surface area contributed by atoms with Crippen LogP contribution in [0, 0.1) is 6.92 Å². The van der Waals surface area contributed by atoms with Crippen LogP contribution in [0.2, 0.25) is 5.02 Å². The van der Waals surface area contributed by atoms with Crippen LogP contribution < -0.4 is 0 Å². The Hall–Kier alpha value is -1.80. The van der Waals surface area contributed by atoms with Gasteiger partial charge in [0.1, 0.15) is 0 Å². The highest BCUT2D eigenvalue weighted by Crippen LogP contribution is 2.19. The molecule has 1 aromatic heterocycles. The molecule has 3 rings (SSSR count). The molecule has 0 bridgehead atoms. The van der Waals surface area contributed by atoms with Gasteiger partial charge >= 0.3 is 0 Å². The Kier molecular flexibility index (Phi) is 2.37. The third-order valence-corrected chi connectivity index (χ3v) is 3.00. The molecule has 0 saturated heterocycles. The van der Waals surface area contributed by atoms with Gasteiger partial charge in [-0.05, 0) is 37.3 Å². The zero-order valence-electron chi connectivity index (χ0n) is 9.39. The summed E-state index contributed by atoms with van der Waals surface area (Å²) in [5.41, 5.74) is 3.22. The van der Waals surface area contributed by atoms with E-state index in [0.29, 0.717) is 5.02 Å². The maximum Gasteiger partial charge on any atom is 0.0942 e. The number of nitrogens with zero attached hydrogens (tertiary/aromatic N) is 2. The van der Waals surface area contributed by atoms with Crippen molar-refractivity contribution in [1.29, 1.82) is 0 Å². The Morgan fingerprint density at radius 3 is 2.59 bits per heavy atom. The average Bonchev–Trinajstić information content (AvgIpc) is 2.72. The molecule has 0 aliphatic heterocycles. The Balaban J connectivity index is 2.14. The molecule has 0 spiro atoms. The second-order valence-electron chi connectivity index (χ2n) is 4.11. The number of hydrogen-bond acceptors (Lipinski definition) is 1. The van der Waals surface area contributed by atoms with Crippen LogP contribution in [0.4, 0.5) is 0 Å². The Bertz CT molecular complexity index is 668. The highest BCUT2D eigenvalue weighted by molar-refractivity contribution is 6.31. The van der Waals surface area contributed by atoms with E-state index in [1.165, 1.54) is 5.56 Å². The van der Waals surface area contributed by atoms with E-state index in [0.717, 1.165) is 16.6 Å². The van der Waals surface area contributed by atoms with Gasteiger partial charge in [0.25, 0.3) is 0 Å². The second kappa shape index (κ2) is 3.90. The molecule has 0 atom stereocenters. The Labute approximate surface area is 104 Å². The van der Waals surface area contributed by atoms with Crippen LogP contribution in [0.1, 0.15) is 5.56 Å². The quantitative estimate of drug-likeness (QED) is 0.631. The molecular formula is C14H11ClN2. The summed E-state index contributed by atoms with van der Waals surface area (Å²) in [5, 5.41) is 6.31. The first-order valence-corrected chi connectivity index (χ1v) is 5.82. The molecule has 0 radical (unpaired) electrons. The fraction of sp³-hybridized carbons (Fsp3) is 0.0714. The van der Waals surface area contributed by atoms with Crippen LogP contribution in [-0.2, 0) is 0 Å². The van der Waals surface area contributed by atoms with E-state index in [9.17, 15) is 0 Å². The summed E-state index contributed by atoms with van der Waals surface area (Å²) >= 11 is 5.95. The van der Waals surface area contributed by atoms with Crippen molar-refractivity contribution in [3.8, 4) is 5.69 Å². The van der Waals surface area contributed by atoms with Crippen molar-refractivity contribution in [3.63, 3.8) is 0 Å². The van der Waals surface area contributed by atoms with Crippen LogP contribution in [0.25, 0.3) is 16.6 Å². The molecule has 0 aliphatic carbocycles. The lowest BCUT2D eigenvalue weighted by Crippen LogP contribution is -1.93. The molecule has 2 aromatic carbocycles. The van der Waals surface area contributed by atoms with Crippen molar-refractivity contribution in [2.24, 2.45) is 0 Å². The van der Waals surface area contributed by atoms with E-state index < -0.39 is 0 Å². The summed E-state index contributed by atoms with van der Waals surface area (Å²) in [5.74, 6) is 0. The first-order valence-electron chi connectivity index (χ1n) is 5.44. The van der Waals surface area contributed by atoms with E-state index in [1.54, 1.807) is 0 Å². The van der Waals surface area contributed by atoms with Gasteiger partial charge in [-0.2, -0.15) is 5.10 Å². The minimum Gasteiger partial charge on any atom is -0.240 e. The lowest BCUT2D eigenvalue weighted by atomic mass is 10.2. The fourth-order valence-corrected chi connectivity index (χ4v) is 1.99. The van der Waals surface area contributed by atoms with Gasteiger partial charge in [-0.3, -0.25) is 0 Å². The van der Waals surface area contributed by atoms with Crippen LogP contribution in [-0.4, -0.2) is 9.78 Å². The summed E-state index contributed by atoms with van der Waals surface area (Å²) < 4.78 is 1.88. The molecule has 0 fully saturated rings. The standard InChI is InChI=1S/C14H11ClN2/c1-10-2-6-13(7-3-10)17-9-11-4-5-12(15)8-14(11)16-17/h2-9H,1H3. The van der Waals surface area contributed by atoms with Gasteiger partial charge < -0.3 is 0 Å². The zero-order valence-corrected chi connectivity index (χ0v) is 10.1. The minimum absolute atomic E-state index is 0.714. The number of hydrogen-bond donors (Lipinski definition) is 0. The van der Waals surface area contributed by atoms with Crippen molar-refractivity contribution in [3.05, 3.63) is 59.2 Å². The van der Waals surface area contributed by atoms with E-state index in [1.807, 2.05) is 29.1 Å². The number of fused-ring (bicyclic) bond motifs is 1. The number of aryl methyl sites for hydroxylation is 1. The number of halogens is 1. The van der Waals surface area contributed by atoms with Gasteiger partial charge in [-0.25, -0.2) is 4.68 Å². The molecule has 0 N–H and O–H groups in total. The smallest absolute Gasteiger partial charge is 0.0942 e. The molecule has 3 aromatic rings. The van der Waals surface area contributed by atoms with Crippen LogP contribution in [0.5, 0.6) is 0 Å². The SMILES string of the molecule is Cc1ccc(-n2cc3ccc(Cl)cc3n2)cc1. The first kappa shape index (κ1) is 10.4. The Morgan fingerprint density at radius 1 is 1.06 bits per heavy atom. The third kappa shape index (κ3) is 1.92. The molecule has 0 saturated carbocycles. The van der Waals surface area contributed by atoms with Crippen molar-refractivity contribution in [2.45, 2.75) is 6.92 Å². The van der Waals surface area contributed by atoms with Crippen molar-refractivity contribution in [1.82, 2.24) is 9.78 Å². The number of benzene rings is 2. The largest absolute Gasteiger partial charge is 0.240 e. The van der Waals surface area contributed by atoms with Crippen molar-refractivity contribution in [2.75, 3.05) is 0 Å². The highest BCUT2D eigenvalue weighted by atomic mass is 35.5. The predicted molar refractivity (Wildman–Crippen MR) is 70.8 cm³/mol. The molecular weight excluding hydrogens is 232 g/mol. The molecule has 0 aliphatic rings. The van der Waals surface area contributed by atoms with Gasteiger partial charge in [-0.1, -0.05) is 29.3 Å². The zero-order chi connectivity index (χ0) is 11.8. The topological polar surface area (TPSA) is 17.8 Å². The Morgan fingerprint density at radius 2 is 1.82 bits per heavy atom. The van der Waals surface area contributed by atoms with E-state index in [2.05, 4.69) is 36.3 Å². The lowest BCUT2D eigenvalue weighted by molar-refractivity contribution is 0.896. The van der Waals surface area contributed by atoms with Gasteiger partial charge in [0, 0.05) is 16.6 Å². The molecule has 3 heteroatoms. The maximum atomic E-state index is 5.95.